The number of anilines is 1. The first-order valence-corrected chi connectivity index (χ1v) is 9.49. The molecule has 152 valence electrons. The first-order valence-electron chi connectivity index (χ1n) is 9.49. The zero-order valence-corrected chi connectivity index (χ0v) is 16.6. The van der Waals surface area contributed by atoms with Gasteiger partial charge in [-0.3, -0.25) is 14.6 Å². The number of amides is 2. The number of nitrogens with zero attached hydrogens (tertiary/aromatic N) is 5. The van der Waals surface area contributed by atoms with Gasteiger partial charge in [0.2, 0.25) is 17.6 Å². The Hall–Kier alpha value is -3.88. The highest BCUT2D eigenvalue weighted by Crippen LogP contribution is 2.20. The van der Waals surface area contributed by atoms with Gasteiger partial charge in [-0.1, -0.05) is 17.3 Å². The first-order chi connectivity index (χ1) is 14.5. The largest absolute Gasteiger partial charge is 0.332 e. The van der Waals surface area contributed by atoms with Crippen molar-refractivity contribution in [2.45, 2.75) is 26.7 Å². The Morgan fingerprint density at radius 1 is 1.20 bits per heavy atom. The standard InChI is InChI=1S/C21H20N6O3/c1-13-5-3-7-16(14(13)2)23-18(28)12-27-19(29)9-8-17(25-27)21-24-20(26-30-21)15-6-4-10-22-11-15/h3-7,10-11H,8-9,12H2,1-2H3,(H,23,28). The molecule has 1 aromatic carbocycles. The van der Waals surface area contributed by atoms with Gasteiger partial charge in [0.05, 0.1) is 0 Å². The minimum absolute atomic E-state index is 0.195. The summed E-state index contributed by atoms with van der Waals surface area (Å²) >= 11 is 0. The number of carbonyl (C=O) groups excluding carboxylic acids is 2. The van der Waals surface area contributed by atoms with Crippen LogP contribution in [0.25, 0.3) is 11.4 Å². The van der Waals surface area contributed by atoms with Crippen molar-refractivity contribution in [2.75, 3.05) is 11.9 Å². The average Bonchev–Trinajstić information content (AvgIpc) is 3.24. The van der Waals surface area contributed by atoms with E-state index in [2.05, 4.69) is 25.5 Å². The third kappa shape index (κ3) is 4.09. The molecule has 2 amide bonds. The number of nitrogens with one attached hydrogen (secondary N) is 1. The Bertz CT molecular complexity index is 1120. The van der Waals surface area contributed by atoms with Crippen LogP contribution in [0.4, 0.5) is 5.69 Å². The first kappa shape index (κ1) is 19.4. The third-order valence-corrected chi connectivity index (χ3v) is 4.87. The third-order valence-electron chi connectivity index (χ3n) is 4.87. The Labute approximate surface area is 172 Å². The highest BCUT2D eigenvalue weighted by Gasteiger charge is 2.26. The second-order valence-electron chi connectivity index (χ2n) is 6.96. The van der Waals surface area contributed by atoms with Crippen LogP contribution in [0.15, 0.2) is 52.4 Å². The number of aryl methyl sites for hydroxylation is 1. The number of aromatic nitrogens is 3. The van der Waals surface area contributed by atoms with Gasteiger partial charge in [-0.05, 0) is 43.2 Å². The lowest BCUT2D eigenvalue weighted by Crippen LogP contribution is -2.38. The maximum atomic E-state index is 12.5. The summed E-state index contributed by atoms with van der Waals surface area (Å²) in [6, 6.07) is 9.26. The van der Waals surface area contributed by atoms with Gasteiger partial charge in [-0.25, -0.2) is 5.01 Å². The van der Waals surface area contributed by atoms with Crippen molar-refractivity contribution in [1.82, 2.24) is 20.1 Å². The van der Waals surface area contributed by atoms with E-state index in [0.29, 0.717) is 29.2 Å². The van der Waals surface area contributed by atoms with Crippen LogP contribution in [0.1, 0.15) is 29.9 Å². The number of benzene rings is 1. The van der Waals surface area contributed by atoms with Crippen LogP contribution in [0, 0.1) is 13.8 Å². The van der Waals surface area contributed by atoms with Crippen LogP contribution in [0.3, 0.4) is 0 Å². The smallest absolute Gasteiger partial charge is 0.274 e. The monoisotopic (exact) mass is 404 g/mol. The molecule has 0 saturated carbocycles. The normalized spacial score (nSPS) is 13.9. The van der Waals surface area contributed by atoms with Crippen LogP contribution in [-0.4, -0.2) is 44.2 Å². The maximum Gasteiger partial charge on any atom is 0.274 e. The van der Waals surface area contributed by atoms with E-state index in [-0.39, 0.29) is 30.7 Å². The molecule has 2 aromatic heterocycles. The maximum absolute atomic E-state index is 12.5. The predicted octanol–water partition coefficient (Wildman–Crippen LogP) is 2.71. The average molecular weight is 404 g/mol. The molecular weight excluding hydrogens is 384 g/mol. The lowest BCUT2D eigenvalue weighted by atomic mass is 10.1. The van der Waals surface area contributed by atoms with Gasteiger partial charge in [0.1, 0.15) is 12.3 Å². The molecule has 0 aliphatic carbocycles. The molecule has 0 radical (unpaired) electrons. The Kier molecular flexibility index (Phi) is 5.34. The van der Waals surface area contributed by atoms with Crippen molar-refractivity contribution in [1.29, 1.82) is 0 Å². The summed E-state index contributed by atoms with van der Waals surface area (Å²) in [5, 5.41) is 12.2. The minimum atomic E-state index is -0.330. The van der Waals surface area contributed by atoms with Gasteiger partial charge in [0.25, 0.3) is 5.89 Å². The van der Waals surface area contributed by atoms with Crippen LogP contribution in [0.5, 0.6) is 0 Å². The molecule has 0 saturated heterocycles. The summed E-state index contributed by atoms with van der Waals surface area (Å²) in [6.07, 6.45) is 3.86. The fourth-order valence-corrected chi connectivity index (χ4v) is 3.04. The fraction of sp³-hybridized carbons (Fsp3) is 0.238. The highest BCUT2D eigenvalue weighted by molar-refractivity contribution is 6.02. The Morgan fingerprint density at radius 3 is 2.87 bits per heavy atom. The van der Waals surface area contributed by atoms with E-state index >= 15 is 0 Å². The molecule has 0 unspecified atom stereocenters. The molecule has 3 heterocycles. The van der Waals surface area contributed by atoms with Crippen LogP contribution in [0.2, 0.25) is 0 Å². The molecule has 1 N–H and O–H groups in total. The minimum Gasteiger partial charge on any atom is -0.332 e. The van der Waals surface area contributed by atoms with Gasteiger partial charge in [-0.2, -0.15) is 10.1 Å². The zero-order chi connectivity index (χ0) is 21.1. The Morgan fingerprint density at radius 2 is 2.07 bits per heavy atom. The van der Waals surface area contributed by atoms with Crippen molar-refractivity contribution < 1.29 is 14.1 Å². The highest BCUT2D eigenvalue weighted by atomic mass is 16.5. The molecule has 0 bridgehead atoms. The van der Waals surface area contributed by atoms with E-state index < -0.39 is 0 Å². The zero-order valence-electron chi connectivity index (χ0n) is 16.6. The van der Waals surface area contributed by atoms with E-state index in [0.717, 1.165) is 16.1 Å². The molecule has 1 aliphatic rings. The van der Waals surface area contributed by atoms with E-state index in [1.165, 1.54) is 0 Å². The lowest BCUT2D eigenvalue weighted by molar-refractivity contribution is -0.135. The van der Waals surface area contributed by atoms with Crippen LogP contribution < -0.4 is 5.32 Å². The van der Waals surface area contributed by atoms with E-state index in [1.807, 2.05) is 38.1 Å². The van der Waals surface area contributed by atoms with Gasteiger partial charge >= 0.3 is 0 Å². The second kappa shape index (κ2) is 8.24. The van der Waals surface area contributed by atoms with Gasteiger partial charge in [0.15, 0.2) is 0 Å². The number of rotatable bonds is 5. The summed E-state index contributed by atoms with van der Waals surface area (Å²) in [5.74, 6) is 0.0451. The fourth-order valence-electron chi connectivity index (χ4n) is 3.04. The quantitative estimate of drug-likeness (QED) is 0.699. The van der Waals surface area contributed by atoms with E-state index in [4.69, 9.17) is 4.52 Å². The molecular formula is C21H20N6O3. The number of hydrogen-bond acceptors (Lipinski definition) is 7. The van der Waals surface area contributed by atoms with Crippen molar-refractivity contribution in [3.8, 4) is 11.4 Å². The molecule has 0 spiro atoms. The summed E-state index contributed by atoms with van der Waals surface area (Å²) in [5.41, 5.74) is 3.95. The molecule has 4 rings (SSSR count). The Balaban J connectivity index is 1.49. The summed E-state index contributed by atoms with van der Waals surface area (Å²) in [4.78, 5) is 33.1. The summed E-state index contributed by atoms with van der Waals surface area (Å²) < 4.78 is 5.31. The van der Waals surface area contributed by atoms with Gasteiger partial charge < -0.3 is 9.84 Å². The number of hydrogen-bond donors (Lipinski definition) is 1. The SMILES string of the molecule is Cc1cccc(NC(=O)CN2N=C(c3nc(-c4cccnc4)no3)CCC2=O)c1C. The van der Waals surface area contributed by atoms with Gasteiger partial charge in [0, 0.05) is 36.5 Å². The number of pyridine rings is 1. The van der Waals surface area contributed by atoms with Gasteiger partial charge in [-0.15, -0.1) is 0 Å². The molecule has 9 nitrogen and oxygen atoms in total. The molecule has 0 fully saturated rings. The molecule has 0 atom stereocenters. The number of hydrazone groups is 1. The predicted molar refractivity (Wildman–Crippen MR) is 110 cm³/mol. The van der Waals surface area contributed by atoms with Crippen molar-refractivity contribution in [3.05, 3.63) is 59.7 Å². The van der Waals surface area contributed by atoms with Crippen molar-refractivity contribution in [3.63, 3.8) is 0 Å². The van der Waals surface area contributed by atoms with Crippen LogP contribution >= 0.6 is 0 Å². The molecule has 3 aromatic rings. The lowest BCUT2D eigenvalue weighted by Gasteiger charge is -2.22. The molecule has 1 aliphatic heterocycles. The molecule has 30 heavy (non-hydrogen) atoms. The summed E-state index contributed by atoms with van der Waals surface area (Å²) in [7, 11) is 0. The topological polar surface area (TPSA) is 114 Å². The molecule has 9 heteroatoms. The van der Waals surface area contributed by atoms with E-state index in [9.17, 15) is 9.59 Å². The summed E-state index contributed by atoms with van der Waals surface area (Å²) in [6.45, 7) is 3.71. The number of carbonyl (C=O) groups is 2. The van der Waals surface area contributed by atoms with Crippen molar-refractivity contribution >= 4 is 23.2 Å². The van der Waals surface area contributed by atoms with Crippen LogP contribution in [-0.2, 0) is 9.59 Å². The second-order valence-corrected chi connectivity index (χ2v) is 6.96. The van der Waals surface area contributed by atoms with Crippen molar-refractivity contribution in [2.24, 2.45) is 5.10 Å². The van der Waals surface area contributed by atoms with E-state index in [1.54, 1.807) is 18.5 Å².